The molecule has 0 bridgehead atoms. The third kappa shape index (κ3) is 3.73. The number of carbonyl (C=O) groups is 1. The standard InChI is InChI=1S/C17H23ClN2O2/c18-15-5-1-2-6-16(15)22-14-4-3-11-20(12-14)17(21)13-7-9-19-10-8-13/h1-2,5-6,13-14,19H,3-4,7-12H2. The van der Waals surface area contributed by atoms with E-state index in [0.29, 0.717) is 23.2 Å². The number of para-hydroxylation sites is 1. The number of piperidine rings is 2. The lowest BCUT2D eigenvalue weighted by atomic mass is 9.95. The van der Waals surface area contributed by atoms with Crippen molar-refractivity contribution in [1.29, 1.82) is 0 Å². The number of rotatable bonds is 3. The molecular formula is C17H23ClN2O2. The van der Waals surface area contributed by atoms with Gasteiger partial charge in [-0.1, -0.05) is 23.7 Å². The number of nitrogens with one attached hydrogen (secondary N) is 1. The van der Waals surface area contributed by atoms with Gasteiger partial charge in [-0.15, -0.1) is 0 Å². The fourth-order valence-electron chi connectivity index (χ4n) is 3.28. The molecule has 2 heterocycles. The first kappa shape index (κ1) is 15.6. The molecule has 2 aliphatic rings. The molecule has 3 rings (SSSR count). The molecule has 0 saturated carbocycles. The van der Waals surface area contributed by atoms with Gasteiger partial charge < -0.3 is 15.0 Å². The van der Waals surface area contributed by atoms with Crippen molar-refractivity contribution in [2.45, 2.75) is 31.8 Å². The maximum absolute atomic E-state index is 12.6. The molecule has 0 radical (unpaired) electrons. The van der Waals surface area contributed by atoms with E-state index in [9.17, 15) is 4.79 Å². The number of nitrogens with zero attached hydrogens (tertiary/aromatic N) is 1. The summed E-state index contributed by atoms with van der Waals surface area (Å²) < 4.78 is 6.02. The van der Waals surface area contributed by atoms with Crippen molar-refractivity contribution >= 4 is 17.5 Å². The quantitative estimate of drug-likeness (QED) is 0.930. The zero-order valence-electron chi connectivity index (χ0n) is 12.8. The Kier molecular flexibility index (Phi) is 5.21. The molecule has 1 aromatic carbocycles. The Morgan fingerprint density at radius 1 is 1.23 bits per heavy atom. The SMILES string of the molecule is O=C(C1CCNCC1)N1CCCC(Oc2ccccc2Cl)C1. The first-order valence-corrected chi connectivity index (χ1v) is 8.52. The highest BCUT2D eigenvalue weighted by Gasteiger charge is 2.30. The van der Waals surface area contributed by atoms with Crippen LogP contribution in [0.2, 0.25) is 5.02 Å². The van der Waals surface area contributed by atoms with E-state index in [1.807, 2.05) is 29.2 Å². The van der Waals surface area contributed by atoms with Crippen LogP contribution in [0.4, 0.5) is 0 Å². The Balaban J connectivity index is 1.59. The zero-order chi connectivity index (χ0) is 15.4. The molecule has 22 heavy (non-hydrogen) atoms. The van der Waals surface area contributed by atoms with Crippen LogP contribution in [0.25, 0.3) is 0 Å². The van der Waals surface area contributed by atoms with Crippen molar-refractivity contribution in [3.63, 3.8) is 0 Å². The average Bonchev–Trinajstić information content (AvgIpc) is 2.57. The van der Waals surface area contributed by atoms with Crippen LogP contribution in [0.1, 0.15) is 25.7 Å². The number of benzene rings is 1. The van der Waals surface area contributed by atoms with Gasteiger partial charge in [0.25, 0.3) is 0 Å². The molecule has 2 aliphatic heterocycles. The van der Waals surface area contributed by atoms with E-state index in [1.165, 1.54) is 0 Å². The molecule has 2 fully saturated rings. The van der Waals surface area contributed by atoms with Gasteiger partial charge in [0.2, 0.25) is 5.91 Å². The normalized spacial score (nSPS) is 23.3. The number of amides is 1. The topological polar surface area (TPSA) is 41.6 Å². The van der Waals surface area contributed by atoms with Crippen LogP contribution >= 0.6 is 11.6 Å². The lowest BCUT2D eigenvalue weighted by Gasteiger charge is -2.36. The number of hydrogen-bond donors (Lipinski definition) is 1. The molecule has 1 aromatic rings. The fraction of sp³-hybridized carbons (Fsp3) is 0.588. The van der Waals surface area contributed by atoms with Crippen molar-refractivity contribution in [2.24, 2.45) is 5.92 Å². The van der Waals surface area contributed by atoms with Crippen LogP contribution in [-0.4, -0.2) is 43.1 Å². The van der Waals surface area contributed by atoms with E-state index in [4.69, 9.17) is 16.3 Å². The number of halogens is 1. The lowest BCUT2D eigenvalue weighted by molar-refractivity contribution is -0.139. The van der Waals surface area contributed by atoms with Gasteiger partial charge in [-0.2, -0.15) is 0 Å². The molecule has 1 N–H and O–H groups in total. The molecule has 1 amide bonds. The zero-order valence-corrected chi connectivity index (χ0v) is 13.5. The van der Waals surface area contributed by atoms with Gasteiger partial charge in [0, 0.05) is 12.5 Å². The number of hydrogen-bond acceptors (Lipinski definition) is 3. The summed E-state index contributed by atoms with van der Waals surface area (Å²) in [6.45, 7) is 3.42. The summed E-state index contributed by atoms with van der Waals surface area (Å²) in [6, 6.07) is 7.53. The van der Waals surface area contributed by atoms with Crippen molar-refractivity contribution < 1.29 is 9.53 Å². The molecule has 0 spiro atoms. The van der Waals surface area contributed by atoms with Crippen LogP contribution in [0.5, 0.6) is 5.75 Å². The maximum Gasteiger partial charge on any atom is 0.225 e. The first-order valence-electron chi connectivity index (χ1n) is 8.15. The highest BCUT2D eigenvalue weighted by Crippen LogP contribution is 2.27. The predicted octanol–water partition coefficient (Wildman–Crippen LogP) is 2.71. The molecule has 0 aromatic heterocycles. The summed E-state index contributed by atoms with van der Waals surface area (Å²) in [5.41, 5.74) is 0. The van der Waals surface area contributed by atoms with Crippen molar-refractivity contribution in [2.75, 3.05) is 26.2 Å². The summed E-state index contributed by atoms with van der Waals surface area (Å²) in [5.74, 6) is 1.19. The third-order valence-corrected chi connectivity index (χ3v) is 4.82. The Bertz CT molecular complexity index is 517. The Labute approximate surface area is 136 Å². The molecule has 4 nitrogen and oxygen atoms in total. The Morgan fingerprint density at radius 2 is 2.00 bits per heavy atom. The summed E-state index contributed by atoms with van der Waals surface area (Å²) >= 11 is 6.15. The second-order valence-corrected chi connectivity index (χ2v) is 6.53. The number of ether oxygens (including phenoxy) is 1. The summed E-state index contributed by atoms with van der Waals surface area (Å²) in [4.78, 5) is 14.6. The van der Waals surface area contributed by atoms with Gasteiger partial charge in [-0.05, 0) is 50.9 Å². The molecule has 5 heteroatoms. The van der Waals surface area contributed by atoms with Crippen LogP contribution < -0.4 is 10.1 Å². The van der Waals surface area contributed by atoms with Gasteiger partial charge in [0.15, 0.2) is 0 Å². The van der Waals surface area contributed by atoms with E-state index in [-0.39, 0.29) is 12.0 Å². The molecule has 0 aliphatic carbocycles. The van der Waals surface area contributed by atoms with E-state index in [0.717, 1.165) is 45.3 Å². The van der Waals surface area contributed by atoms with E-state index in [1.54, 1.807) is 0 Å². The second kappa shape index (κ2) is 7.34. The van der Waals surface area contributed by atoms with Crippen LogP contribution in [0.3, 0.4) is 0 Å². The molecule has 1 atom stereocenters. The minimum Gasteiger partial charge on any atom is -0.487 e. The minimum absolute atomic E-state index is 0.0410. The van der Waals surface area contributed by atoms with Crippen LogP contribution in [0.15, 0.2) is 24.3 Å². The van der Waals surface area contributed by atoms with Gasteiger partial charge in [-0.3, -0.25) is 4.79 Å². The van der Waals surface area contributed by atoms with Gasteiger partial charge >= 0.3 is 0 Å². The fourth-order valence-corrected chi connectivity index (χ4v) is 3.46. The van der Waals surface area contributed by atoms with Gasteiger partial charge in [-0.25, -0.2) is 0 Å². The third-order valence-electron chi connectivity index (χ3n) is 4.51. The highest BCUT2D eigenvalue weighted by molar-refractivity contribution is 6.32. The summed E-state index contributed by atoms with van der Waals surface area (Å²) in [7, 11) is 0. The first-order chi connectivity index (χ1) is 10.7. The predicted molar refractivity (Wildman–Crippen MR) is 87.3 cm³/mol. The maximum atomic E-state index is 12.6. The smallest absolute Gasteiger partial charge is 0.225 e. The second-order valence-electron chi connectivity index (χ2n) is 6.12. The van der Waals surface area contributed by atoms with Gasteiger partial charge in [0.05, 0.1) is 11.6 Å². The molecular weight excluding hydrogens is 300 g/mol. The number of likely N-dealkylation sites (tertiary alicyclic amines) is 1. The van der Waals surface area contributed by atoms with E-state index >= 15 is 0 Å². The monoisotopic (exact) mass is 322 g/mol. The van der Waals surface area contributed by atoms with E-state index in [2.05, 4.69) is 5.32 Å². The van der Waals surface area contributed by atoms with Crippen molar-refractivity contribution in [3.8, 4) is 5.75 Å². The van der Waals surface area contributed by atoms with E-state index < -0.39 is 0 Å². The average molecular weight is 323 g/mol. The molecule has 120 valence electrons. The van der Waals surface area contributed by atoms with Gasteiger partial charge in [0.1, 0.15) is 11.9 Å². The number of carbonyl (C=O) groups excluding carboxylic acids is 1. The molecule has 1 unspecified atom stereocenters. The van der Waals surface area contributed by atoms with Crippen LogP contribution in [0, 0.1) is 5.92 Å². The van der Waals surface area contributed by atoms with Crippen LogP contribution in [-0.2, 0) is 4.79 Å². The largest absolute Gasteiger partial charge is 0.487 e. The summed E-state index contributed by atoms with van der Waals surface area (Å²) in [5, 5.41) is 3.94. The Morgan fingerprint density at radius 3 is 2.77 bits per heavy atom. The van der Waals surface area contributed by atoms with Crippen molar-refractivity contribution in [1.82, 2.24) is 10.2 Å². The lowest BCUT2D eigenvalue weighted by Crippen LogP contribution is -2.48. The van der Waals surface area contributed by atoms with Crippen molar-refractivity contribution in [3.05, 3.63) is 29.3 Å². The Hall–Kier alpha value is -1.26. The minimum atomic E-state index is 0.0410. The summed E-state index contributed by atoms with van der Waals surface area (Å²) in [6.07, 6.45) is 3.91. The molecule has 2 saturated heterocycles. The highest BCUT2D eigenvalue weighted by atomic mass is 35.5.